The van der Waals surface area contributed by atoms with Crippen LogP contribution in [0.15, 0.2) is 11.0 Å². The quantitative estimate of drug-likeness (QED) is 0.794. The van der Waals surface area contributed by atoms with Crippen molar-refractivity contribution in [2.24, 2.45) is 0 Å². The molecule has 0 aliphatic carbocycles. The van der Waals surface area contributed by atoms with E-state index in [1.165, 1.54) is 4.90 Å². The number of anilines is 1. The average molecular weight is 249 g/mol. The van der Waals surface area contributed by atoms with E-state index in [0.717, 1.165) is 6.20 Å². The lowest BCUT2D eigenvalue weighted by Gasteiger charge is -2.42. The molecule has 1 fully saturated rings. The molecule has 94 valence electrons. The molecule has 8 heteroatoms. The molecule has 1 aliphatic rings. The third-order valence-corrected chi connectivity index (χ3v) is 2.78. The minimum absolute atomic E-state index is 0.246. The van der Waals surface area contributed by atoms with Crippen molar-refractivity contribution in [2.45, 2.75) is 18.6 Å². The van der Waals surface area contributed by atoms with Gasteiger partial charge in [0.15, 0.2) is 0 Å². The molecule has 0 saturated carbocycles. The second-order valence-corrected chi connectivity index (χ2v) is 3.78. The molecule has 2 heterocycles. The summed E-state index contributed by atoms with van der Waals surface area (Å²) in [4.78, 5) is 12.5. The van der Waals surface area contributed by atoms with Crippen LogP contribution in [0.5, 0.6) is 0 Å². The monoisotopic (exact) mass is 249 g/mol. The topological polar surface area (TPSA) is 69.2 Å². The highest BCUT2D eigenvalue weighted by Gasteiger charge is 2.41. The highest BCUT2D eigenvalue weighted by molar-refractivity contribution is 5.55. The second kappa shape index (κ2) is 4.02. The van der Waals surface area contributed by atoms with Gasteiger partial charge in [0.1, 0.15) is 5.56 Å². The van der Waals surface area contributed by atoms with Gasteiger partial charge in [-0.15, -0.1) is 0 Å². The van der Waals surface area contributed by atoms with E-state index in [4.69, 9.17) is 5.11 Å². The maximum absolute atomic E-state index is 12.7. The predicted octanol–water partition coefficient (Wildman–Crippen LogP) is 0.360. The first-order valence-electron chi connectivity index (χ1n) is 4.97. The molecular formula is C9H10F3N3O2. The molecule has 0 spiro atoms. The van der Waals surface area contributed by atoms with Crippen LogP contribution in [0.4, 0.5) is 18.9 Å². The van der Waals surface area contributed by atoms with Crippen LogP contribution < -0.4 is 10.5 Å². The molecule has 2 rings (SSSR count). The number of alkyl halides is 3. The summed E-state index contributed by atoms with van der Waals surface area (Å²) in [5.74, 6) is 0. The van der Waals surface area contributed by atoms with Crippen LogP contribution in [-0.2, 0) is 6.18 Å². The van der Waals surface area contributed by atoms with E-state index in [1.807, 2.05) is 0 Å². The number of aliphatic hydroxyl groups excluding tert-OH is 1. The fourth-order valence-electron chi connectivity index (χ4n) is 1.83. The highest BCUT2D eigenvalue weighted by Crippen LogP contribution is 2.36. The first-order valence-corrected chi connectivity index (χ1v) is 4.97. The Kier molecular flexibility index (Phi) is 2.82. The van der Waals surface area contributed by atoms with Crippen molar-refractivity contribution in [3.63, 3.8) is 0 Å². The lowest BCUT2D eigenvalue weighted by Crippen LogP contribution is -2.51. The lowest BCUT2D eigenvalue weighted by molar-refractivity contribution is -0.138. The number of halogens is 3. The summed E-state index contributed by atoms with van der Waals surface area (Å²) in [5, 5.41) is 14.1. The number of aromatic nitrogens is 2. The molecule has 0 bridgehead atoms. The largest absolute Gasteiger partial charge is 0.423 e. The van der Waals surface area contributed by atoms with Gasteiger partial charge < -0.3 is 10.0 Å². The predicted molar refractivity (Wildman–Crippen MR) is 52.7 cm³/mol. The zero-order valence-electron chi connectivity index (χ0n) is 8.66. The number of nitrogens with zero attached hydrogens (tertiary/aromatic N) is 2. The van der Waals surface area contributed by atoms with Gasteiger partial charge in [-0.05, 0) is 6.42 Å². The number of hydrogen-bond acceptors (Lipinski definition) is 4. The van der Waals surface area contributed by atoms with Crippen molar-refractivity contribution >= 4 is 5.69 Å². The van der Waals surface area contributed by atoms with E-state index >= 15 is 0 Å². The Hall–Kier alpha value is -1.57. The molecule has 0 radical (unpaired) electrons. The molecule has 1 aromatic rings. The standard InChI is InChI=1S/C9H10F3N3O2/c10-9(11,12)7-6(3-13-14-8(7)17)15-2-1-5(15)4-16/h3,5,16H,1-2,4H2,(H,14,17). The Balaban J connectivity index is 2.48. The van der Waals surface area contributed by atoms with Gasteiger partial charge in [-0.1, -0.05) is 0 Å². The van der Waals surface area contributed by atoms with E-state index in [2.05, 4.69) is 5.10 Å². The molecule has 1 unspecified atom stereocenters. The number of aliphatic hydroxyl groups is 1. The molecule has 17 heavy (non-hydrogen) atoms. The average Bonchev–Trinajstić information content (AvgIpc) is 2.14. The molecular weight excluding hydrogens is 239 g/mol. The first-order chi connectivity index (χ1) is 7.95. The van der Waals surface area contributed by atoms with Crippen LogP contribution in [0.2, 0.25) is 0 Å². The van der Waals surface area contributed by atoms with E-state index in [0.29, 0.717) is 13.0 Å². The van der Waals surface area contributed by atoms with Crippen molar-refractivity contribution in [3.8, 4) is 0 Å². The van der Waals surface area contributed by atoms with Crippen LogP contribution >= 0.6 is 0 Å². The lowest BCUT2D eigenvalue weighted by atomic mass is 10.0. The van der Waals surface area contributed by atoms with Crippen LogP contribution in [0.3, 0.4) is 0 Å². The summed E-state index contributed by atoms with van der Waals surface area (Å²) in [7, 11) is 0. The van der Waals surface area contributed by atoms with Crippen LogP contribution in [0, 0.1) is 0 Å². The Morgan fingerprint density at radius 3 is 2.76 bits per heavy atom. The fraction of sp³-hybridized carbons (Fsp3) is 0.556. The zero-order valence-corrected chi connectivity index (χ0v) is 8.66. The fourth-order valence-corrected chi connectivity index (χ4v) is 1.83. The van der Waals surface area contributed by atoms with E-state index in [-0.39, 0.29) is 18.3 Å². The van der Waals surface area contributed by atoms with Crippen molar-refractivity contribution in [1.82, 2.24) is 10.2 Å². The normalized spacial score (nSPS) is 20.2. The summed E-state index contributed by atoms with van der Waals surface area (Å²) in [6.45, 7) is 0.129. The summed E-state index contributed by atoms with van der Waals surface area (Å²) >= 11 is 0. The van der Waals surface area contributed by atoms with Gasteiger partial charge in [0, 0.05) is 6.54 Å². The Morgan fingerprint density at radius 1 is 1.59 bits per heavy atom. The summed E-state index contributed by atoms with van der Waals surface area (Å²) in [5.41, 5.74) is -2.80. The maximum atomic E-state index is 12.7. The molecule has 1 saturated heterocycles. The second-order valence-electron chi connectivity index (χ2n) is 3.78. The van der Waals surface area contributed by atoms with Gasteiger partial charge in [-0.3, -0.25) is 4.79 Å². The van der Waals surface area contributed by atoms with Crippen LogP contribution in [0.25, 0.3) is 0 Å². The van der Waals surface area contributed by atoms with Crippen LogP contribution in [0.1, 0.15) is 12.0 Å². The maximum Gasteiger partial charge on any atom is 0.423 e. The molecule has 0 aromatic carbocycles. The highest BCUT2D eigenvalue weighted by atomic mass is 19.4. The number of H-pyrrole nitrogens is 1. The van der Waals surface area contributed by atoms with Crippen LogP contribution in [-0.4, -0.2) is 34.5 Å². The van der Waals surface area contributed by atoms with E-state index < -0.39 is 17.3 Å². The summed E-state index contributed by atoms with van der Waals surface area (Å²) in [6.07, 6.45) is -3.17. The molecule has 1 atom stereocenters. The minimum Gasteiger partial charge on any atom is -0.394 e. The Bertz CT molecular complexity index is 469. The van der Waals surface area contributed by atoms with Crippen molar-refractivity contribution in [1.29, 1.82) is 0 Å². The van der Waals surface area contributed by atoms with Gasteiger partial charge in [0.2, 0.25) is 0 Å². The van der Waals surface area contributed by atoms with E-state index in [9.17, 15) is 18.0 Å². The summed E-state index contributed by atoms with van der Waals surface area (Å²) in [6, 6.07) is -0.375. The molecule has 2 N–H and O–H groups in total. The van der Waals surface area contributed by atoms with Gasteiger partial charge in [0.05, 0.1) is 24.5 Å². The number of rotatable bonds is 2. The SMILES string of the molecule is O=c1[nH]ncc(N2CCC2CO)c1C(F)(F)F. The van der Waals surface area contributed by atoms with Crippen molar-refractivity contribution in [3.05, 3.63) is 22.1 Å². The first kappa shape index (κ1) is 11.9. The molecule has 1 aromatic heterocycles. The molecule has 0 amide bonds. The Labute approximate surface area is 93.9 Å². The number of hydrogen-bond donors (Lipinski definition) is 2. The molecule has 1 aliphatic heterocycles. The molecule has 5 nitrogen and oxygen atoms in total. The minimum atomic E-state index is -4.73. The van der Waals surface area contributed by atoms with E-state index in [1.54, 1.807) is 5.10 Å². The third-order valence-electron chi connectivity index (χ3n) is 2.78. The van der Waals surface area contributed by atoms with Gasteiger partial charge in [0.25, 0.3) is 5.56 Å². The van der Waals surface area contributed by atoms with Crippen molar-refractivity contribution < 1.29 is 18.3 Å². The zero-order chi connectivity index (χ0) is 12.6. The third kappa shape index (κ3) is 1.99. The van der Waals surface area contributed by atoms with Crippen molar-refractivity contribution in [2.75, 3.05) is 18.1 Å². The smallest absolute Gasteiger partial charge is 0.394 e. The van der Waals surface area contributed by atoms with Gasteiger partial charge in [-0.2, -0.15) is 18.3 Å². The number of nitrogens with one attached hydrogen (secondary N) is 1. The van der Waals surface area contributed by atoms with Gasteiger partial charge >= 0.3 is 6.18 Å². The summed E-state index contributed by atoms with van der Waals surface area (Å²) < 4.78 is 38.2. The number of aromatic amines is 1. The Morgan fingerprint density at radius 2 is 2.29 bits per heavy atom. The van der Waals surface area contributed by atoms with Gasteiger partial charge in [-0.25, -0.2) is 5.10 Å².